The van der Waals surface area contributed by atoms with Gasteiger partial charge in [-0.05, 0) is 19.1 Å². The Morgan fingerprint density at radius 2 is 2.17 bits per heavy atom. The molecule has 3 N–H and O–H groups in total. The van der Waals surface area contributed by atoms with Crippen LogP contribution in [0.4, 0.5) is 5.82 Å². The van der Waals surface area contributed by atoms with E-state index in [9.17, 15) is 13.2 Å². The van der Waals surface area contributed by atoms with E-state index in [2.05, 4.69) is 10.3 Å². The fourth-order valence-electron chi connectivity index (χ4n) is 1.45. The predicted molar refractivity (Wildman–Crippen MR) is 70.3 cm³/mol. The van der Waals surface area contributed by atoms with Gasteiger partial charge in [0.05, 0.1) is 5.75 Å². The summed E-state index contributed by atoms with van der Waals surface area (Å²) in [6.45, 7) is 1.60. The fourth-order valence-corrected chi connectivity index (χ4v) is 2.66. The largest absolute Gasteiger partial charge is 0.384 e. The van der Waals surface area contributed by atoms with Crippen molar-refractivity contribution in [2.24, 2.45) is 0 Å². The van der Waals surface area contributed by atoms with Crippen molar-refractivity contribution in [1.29, 1.82) is 0 Å². The summed E-state index contributed by atoms with van der Waals surface area (Å²) in [5.41, 5.74) is 5.70. The van der Waals surface area contributed by atoms with Gasteiger partial charge in [-0.2, -0.15) is 0 Å². The van der Waals surface area contributed by atoms with Gasteiger partial charge in [0, 0.05) is 17.9 Å². The van der Waals surface area contributed by atoms with Crippen LogP contribution in [-0.4, -0.2) is 37.4 Å². The number of aromatic nitrogens is 1. The van der Waals surface area contributed by atoms with Crippen molar-refractivity contribution < 1.29 is 13.2 Å². The minimum absolute atomic E-state index is 0.107. The molecule has 1 heterocycles. The highest BCUT2D eigenvalue weighted by Gasteiger charge is 2.15. The number of carbonyl (C=O) groups is 1. The number of carbonyl (C=O) groups excluding carboxylic acids is 1. The van der Waals surface area contributed by atoms with Crippen LogP contribution in [0.3, 0.4) is 0 Å². The van der Waals surface area contributed by atoms with E-state index in [1.165, 1.54) is 12.1 Å². The van der Waals surface area contributed by atoms with Gasteiger partial charge in [0.15, 0.2) is 0 Å². The first kappa shape index (κ1) is 14.7. The maximum Gasteiger partial charge on any atom is 0.251 e. The predicted octanol–water partition coefficient (Wildman–Crippen LogP) is 0.480. The highest BCUT2D eigenvalue weighted by atomic mass is 35.5. The van der Waals surface area contributed by atoms with Gasteiger partial charge in [-0.1, -0.05) is 11.6 Å². The zero-order valence-corrected chi connectivity index (χ0v) is 11.5. The highest BCUT2D eigenvalue weighted by molar-refractivity contribution is 7.90. The molecule has 0 radical (unpaired) electrons. The number of amides is 1. The van der Waals surface area contributed by atoms with E-state index >= 15 is 0 Å². The van der Waals surface area contributed by atoms with Crippen LogP contribution in [0.5, 0.6) is 0 Å². The first-order chi connectivity index (χ1) is 8.17. The van der Waals surface area contributed by atoms with Gasteiger partial charge in [0.1, 0.15) is 20.8 Å². The number of hydrogen-bond donors (Lipinski definition) is 2. The molecule has 0 aliphatic rings. The Morgan fingerprint density at radius 3 is 2.67 bits per heavy atom. The zero-order valence-electron chi connectivity index (χ0n) is 9.97. The SMILES string of the molecule is CC(CS(C)(=O)=O)NC(=O)c1cc(N)nc(Cl)c1. The molecule has 0 fully saturated rings. The molecule has 0 bridgehead atoms. The van der Waals surface area contributed by atoms with Crippen LogP contribution in [0.1, 0.15) is 17.3 Å². The lowest BCUT2D eigenvalue weighted by Crippen LogP contribution is -2.37. The Labute approximate surface area is 110 Å². The Hall–Kier alpha value is -1.34. The van der Waals surface area contributed by atoms with E-state index in [1.807, 2.05) is 0 Å². The Kier molecular flexibility index (Phi) is 4.53. The van der Waals surface area contributed by atoms with E-state index in [1.54, 1.807) is 6.92 Å². The van der Waals surface area contributed by atoms with Crippen LogP contribution < -0.4 is 11.1 Å². The molecule has 1 rings (SSSR count). The van der Waals surface area contributed by atoms with Gasteiger partial charge in [-0.15, -0.1) is 0 Å². The van der Waals surface area contributed by atoms with Crippen LogP contribution in [0.15, 0.2) is 12.1 Å². The summed E-state index contributed by atoms with van der Waals surface area (Å²) in [6.07, 6.45) is 1.11. The van der Waals surface area contributed by atoms with Gasteiger partial charge in [-0.3, -0.25) is 4.79 Å². The van der Waals surface area contributed by atoms with Crippen LogP contribution >= 0.6 is 11.6 Å². The molecule has 1 atom stereocenters. The number of hydrogen-bond acceptors (Lipinski definition) is 5. The molecule has 6 nitrogen and oxygen atoms in total. The van der Waals surface area contributed by atoms with Crippen molar-refractivity contribution in [2.45, 2.75) is 13.0 Å². The molecule has 0 spiro atoms. The third-order valence-corrected chi connectivity index (χ3v) is 3.31. The molecule has 0 saturated heterocycles. The van der Waals surface area contributed by atoms with Crippen LogP contribution in [-0.2, 0) is 9.84 Å². The molecule has 0 aliphatic carbocycles. The number of pyridine rings is 1. The lowest BCUT2D eigenvalue weighted by molar-refractivity contribution is 0.0943. The molecular weight excluding hydrogens is 278 g/mol. The average Bonchev–Trinajstić information content (AvgIpc) is 2.12. The third-order valence-electron chi connectivity index (χ3n) is 2.01. The van der Waals surface area contributed by atoms with E-state index in [-0.39, 0.29) is 22.3 Å². The van der Waals surface area contributed by atoms with Gasteiger partial charge < -0.3 is 11.1 Å². The highest BCUT2D eigenvalue weighted by Crippen LogP contribution is 2.12. The minimum Gasteiger partial charge on any atom is -0.384 e. The lowest BCUT2D eigenvalue weighted by atomic mass is 10.2. The van der Waals surface area contributed by atoms with Gasteiger partial charge in [0.25, 0.3) is 5.91 Å². The quantitative estimate of drug-likeness (QED) is 0.786. The summed E-state index contributed by atoms with van der Waals surface area (Å²) in [6, 6.07) is 2.23. The standard InChI is InChI=1S/C10H14ClN3O3S/c1-6(5-18(2,16)17)13-10(15)7-3-8(11)14-9(12)4-7/h3-4,6H,5H2,1-2H3,(H2,12,14)(H,13,15). The number of sulfone groups is 1. The van der Waals surface area contributed by atoms with Crippen molar-refractivity contribution in [1.82, 2.24) is 10.3 Å². The maximum atomic E-state index is 11.8. The minimum atomic E-state index is -3.15. The summed E-state index contributed by atoms with van der Waals surface area (Å²) in [4.78, 5) is 15.5. The second kappa shape index (κ2) is 5.53. The monoisotopic (exact) mass is 291 g/mol. The number of nitrogens with two attached hydrogens (primary N) is 1. The number of nitrogens with one attached hydrogen (secondary N) is 1. The Morgan fingerprint density at radius 1 is 1.56 bits per heavy atom. The Balaban J connectivity index is 2.76. The lowest BCUT2D eigenvalue weighted by Gasteiger charge is -2.13. The van der Waals surface area contributed by atoms with E-state index in [0.717, 1.165) is 6.26 Å². The molecule has 0 saturated carbocycles. The van der Waals surface area contributed by atoms with Crippen LogP contribution in [0.2, 0.25) is 5.15 Å². The third kappa shape index (κ3) is 4.89. The van der Waals surface area contributed by atoms with E-state index in [0.29, 0.717) is 0 Å². The molecule has 1 aromatic rings. The van der Waals surface area contributed by atoms with Gasteiger partial charge in [0.2, 0.25) is 0 Å². The zero-order chi connectivity index (χ0) is 13.9. The number of anilines is 1. The maximum absolute atomic E-state index is 11.8. The number of rotatable bonds is 4. The van der Waals surface area contributed by atoms with Gasteiger partial charge in [-0.25, -0.2) is 13.4 Å². The molecule has 0 aromatic carbocycles. The molecule has 1 aromatic heterocycles. The van der Waals surface area contributed by atoms with Crippen LogP contribution in [0.25, 0.3) is 0 Å². The molecule has 0 aliphatic heterocycles. The van der Waals surface area contributed by atoms with Crippen molar-refractivity contribution >= 4 is 33.2 Å². The molecule has 18 heavy (non-hydrogen) atoms. The molecule has 1 unspecified atom stereocenters. The van der Waals surface area contributed by atoms with Crippen molar-refractivity contribution in [3.63, 3.8) is 0 Å². The molecular formula is C10H14ClN3O3S. The second-order valence-electron chi connectivity index (χ2n) is 4.07. The topological polar surface area (TPSA) is 102 Å². The smallest absolute Gasteiger partial charge is 0.251 e. The van der Waals surface area contributed by atoms with Gasteiger partial charge >= 0.3 is 0 Å². The summed E-state index contributed by atoms with van der Waals surface area (Å²) >= 11 is 5.67. The number of nitrogens with zero attached hydrogens (tertiary/aromatic N) is 1. The number of halogens is 1. The molecule has 1 amide bonds. The van der Waals surface area contributed by atoms with Crippen molar-refractivity contribution in [3.8, 4) is 0 Å². The first-order valence-corrected chi connectivity index (χ1v) is 7.53. The normalized spacial score (nSPS) is 13.1. The second-order valence-corrected chi connectivity index (χ2v) is 6.64. The summed E-state index contributed by atoms with van der Waals surface area (Å²) < 4.78 is 22.1. The van der Waals surface area contributed by atoms with E-state index in [4.69, 9.17) is 17.3 Å². The summed E-state index contributed by atoms with van der Waals surface area (Å²) in [5, 5.41) is 2.65. The fraction of sp³-hybridized carbons (Fsp3) is 0.400. The Bertz CT molecular complexity index is 539. The van der Waals surface area contributed by atoms with E-state index < -0.39 is 21.8 Å². The molecule has 8 heteroatoms. The average molecular weight is 292 g/mol. The number of nitrogen functional groups attached to an aromatic ring is 1. The first-order valence-electron chi connectivity index (χ1n) is 5.09. The molecule has 100 valence electrons. The summed E-state index contributed by atoms with van der Waals surface area (Å²) in [7, 11) is -3.15. The van der Waals surface area contributed by atoms with Crippen molar-refractivity contribution in [2.75, 3.05) is 17.7 Å². The van der Waals surface area contributed by atoms with Crippen molar-refractivity contribution in [3.05, 3.63) is 22.8 Å². The van der Waals surface area contributed by atoms with Crippen LogP contribution in [0, 0.1) is 0 Å². The summed E-state index contributed by atoms with van der Waals surface area (Å²) in [5.74, 6) is -0.446.